The van der Waals surface area contributed by atoms with Crippen LogP contribution in [-0.2, 0) is 0 Å². The van der Waals surface area contributed by atoms with Gasteiger partial charge in [-0.1, -0.05) is 0 Å². The molecule has 5 rings (SSSR count). The Labute approximate surface area is 147 Å². The number of rotatable bonds is 6. The Morgan fingerprint density at radius 2 is 2.24 bits per heavy atom. The molecule has 3 aliphatic rings. The first kappa shape index (κ1) is 15.1. The van der Waals surface area contributed by atoms with Crippen LogP contribution >= 0.6 is 0 Å². The maximum atomic E-state index is 4.76. The topological polar surface area (TPSA) is 81.8 Å². The van der Waals surface area contributed by atoms with Gasteiger partial charge in [-0.2, -0.15) is 10.1 Å². The van der Waals surface area contributed by atoms with E-state index >= 15 is 0 Å². The second kappa shape index (κ2) is 5.69. The van der Waals surface area contributed by atoms with E-state index in [-0.39, 0.29) is 0 Å². The van der Waals surface area contributed by atoms with Gasteiger partial charge in [0.1, 0.15) is 5.82 Å². The van der Waals surface area contributed by atoms with E-state index < -0.39 is 0 Å². The zero-order valence-electron chi connectivity index (χ0n) is 14.6. The van der Waals surface area contributed by atoms with Crippen LogP contribution in [0, 0.1) is 5.41 Å². The average Bonchev–Trinajstić information content (AvgIpc) is 3.08. The molecule has 25 heavy (non-hydrogen) atoms. The number of aromatic amines is 1. The van der Waals surface area contributed by atoms with Crippen LogP contribution in [-0.4, -0.2) is 46.3 Å². The van der Waals surface area contributed by atoms with Gasteiger partial charge in [0.2, 0.25) is 5.95 Å². The largest absolute Gasteiger partial charge is 0.337 e. The summed E-state index contributed by atoms with van der Waals surface area (Å²) in [7, 11) is 2.05. The summed E-state index contributed by atoms with van der Waals surface area (Å²) < 4.78 is 0. The highest BCUT2D eigenvalue weighted by Crippen LogP contribution is 2.48. The lowest BCUT2D eigenvalue weighted by atomic mass is 9.87. The number of piperidine rings is 1. The molecule has 2 aliphatic carbocycles. The molecule has 1 aliphatic heterocycles. The molecular weight excluding hydrogens is 314 g/mol. The Morgan fingerprint density at radius 3 is 3.08 bits per heavy atom. The summed E-state index contributed by atoms with van der Waals surface area (Å²) in [5, 5.41) is 14.2. The van der Waals surface area contributed by atoms with Crippen LogP contribution in [0.25, 0.3) is 0 Å². The standard InChI is InChI=1S/C18H25N7/c1-19-10-18-6-4-13(9-18)25(11-18)17-20-7-5-15(22-17)21-16-8-14(23-24-16)12-2-3-12/h5,7-8,12-13,19H,2-4,6,9-11H2,1H3,(H2,20,21,22,23,24)/t13-,18+/m1/s1. The zero-order chi connectivity index (χ0) is 16.9. The summed E-state index contributed by atoms with van der Waals surface area (Å²) in [6, 6.07) is 4.58. The van der Waals surface area contributed by atoms with Gasteiger partial charge in [-0.15, -0.1) is 0 Å². The summed E-state index contributed by atoms with van der Waals surface area (Å²) in [6.07, 6.45) is 8.18. The number of anilines is 3. The molecule has 0 spiro atoms. The van der Waals surface area contributed by atoms with Gasteiger partial charge in [0.25, 0.3) is 0 Å². The first-order valence-electron chi connectivity index (χ1n) is 9.31. The van der Waals surface area contributed by atoms with Gasteiger partial charge in [0, 0.05) is 48.4 Å². The highest BCUT2D eigenvalue weighted by atomic mass is 15.3. The smallest absolute Gasteiger partial charge is 0.227 e. The van der Waals surface area contributed by atoms with E-state index in [0.717, 1.165) is 30.7 Å². The lowest BCUT2D eigenvalue weighted by Gasteiger charge is -2.32. The Bertz CT molecular complexity index is 768. The minimum atomic E-state index is 0.396. The minimum Gasteiger partial charge on any atom is -0.337 e. The quantitative estimate of drug-likeness (QED) is 0.750. The predicted molar refractivity (Wildman–Crippen MR) is 97.2 cm³/mol. The molecule has 2 bridgehead atoms. The van der Waals surface area contributed by atoms with Crippen LogP contribution in [0.5, 0.6) is 0 Å². The summed E-state index contributed by atoms with van der Waals surface area (Å²) in [5.41, 5.74) is 1.62. The fourth-order valence-corrected chi connectivity index (χ4v) is 4.59. The van der Waals surface area contributed by atoms with E-state index in [2.05, 4.69) is 36.8 Å². The first-order valence-corrected chi connectivity index (χ1v) is 9.31. The van der Waals surface area contributed by atoms with Crippen molar-refractivity contribution in [2.75, 3.05) is 30.4 Å². The molecule has 3 heterocycles. The summed E-state index contributed by atoms with van der Waals surface area (Å²) in [4.78, 5) is 11.7. The zero-order valence-corrected chi connectivity index (χ0v) is 14.6. The minimum absolute atomic E-state index is 0.396. The average molecular weight is 339 g/mol. The number of fused-ring (bicyclic) bond motifs is 2. The van der Waals surface area contributed by atoms with E-state index in [1.165, 1.54) is 37.8 Å². The number of aromatic nitrogens is 4. The molecular formula is C18H25N7. The van der Waals surface area contributed by atoms with Crippen molar-refractivity contribution in [2.24, 2.45) is 5.41 Å². The second-order valence-electron chi connectivity index (χ2n) is 7.90. The number of nitrogens with zero attached hydrogens (tertiary/aromatic N) is 4. The van der Waals surface area contributed by atoms with E-state index in [0.29, 0.717) is 17.4 Å². The van der Waals surface area contributed by atoms with Crippen LogP contribution in [0.3, 0.4) is 0 Å². The first-order chi connectivity index (χ1) is 12.2. The van der Waals surface area contributed by atoms with Crippen LogP contribution in [0.15, 0.2) is 18.3 Å². The molecule has 2 atom stereocenters. The van der Waals surface area contributed by atoms with Gasteiger partial charge in [0.15, 0.2) is 5.82 Å². The van der Waals surface area contributed by atoms with Gasteiger partial charge >= 0.3 is 0 Å². The van der Waals surface area contributed by atoms with Gasteiger partial charge < -0.3 is 15.5 Å². The third kappa shape index (κ3) is 2.76. The van der Waals surface area contributed by atoms with Crippen molar-refractivity contribution < 1.29 is 0 Å². The van der Waals surface area contributed by atoms with Crippen molar-refractivity contribution in [1.29, 1.82) is 0 Å². The number of nitrogens with one attached hydrogen (secondary N) is 3. The molecule has 3 fully saturated rings. The second-order valence-corrected chi connectivity index (χ2v) is 7.90. The SMILES string of the molecule is CNC[C@]12CC[C@H](C1)N(c1nccc(Nc3cc(C4CC4)[nH]n3)n1)C2. The van der Waals surface area contributed by atoms with Gasteiger partial charge in [-0.25, -0.2) is 4.98 Å². The van der Waals surface area contributed by atoms with Gasteiger partial charge in [0.05, 0.1) is 0 Å². The fourth-order valence-electron chi connectivity index (χ4n) is 4.59. The molecule has 2 aromatic rings. The molecule has 0 amide bonds. The molecule has 0 aromatic carbocycles. The van der Waals surface area contributed by atoms with Crippen LogP contribution in [0.2, 0.25) is 0 Å². The van der Waals surface area contributed by atoms with Crippen molar-refractivity contribution in [3.05, 3.63) is 24.0 Å². The summed E-state index contributed by atoms with van der Waals surface area (Å²) >= 11 is 0. The molecule has 1 saturated heterocycles. The van der Waals surface area contributed by atoms with Crippen molar-refractivity contribution in [3.8, 4) is 0 Å². The van der Waals surface area contributed by atoms with Crippen LogP contribution in [0.4, 0.5) is 17.6 Å². The van der Waals surface area contributed by atoms with Crippen molar-refractivity contribution in [3.63, 3.8) is 0 Å². The Morgan fingerprint density at radius 1 is 1.32 bits per heavy atom. The van der Waals surface area contributed by atoms with E-state index in [1.54, 1.807) is 0 Å². The third-order valence-electron chi connectivity index (χ3n) is 5.95. The molecule has 2 saturated carbocycles. The van der Waals surface area contributed by atoms with Crippen molar-refractivity contribution >= 4 is 17.6 Å². The van der Waals surface area contributed by atoms with Gasteiger partial charge in [-0.05, 0) is 45.2 Å². The highest BCUT2D eigenvalue weighted by Gasteiger charge is 2.49. The number of hydrogen-bond donors (Lipinski definition) is 3. The molecule has 0 unspecified atom stereocenters. The van der Waals surface area contributed by atoms with E-state index in [9.17, 15) is 0 Å². The molecule has 7 heteroatoms. The number of H-pyrrole nitrogens is 1. The lowest BCUT2D eigenvalue weighted by Crippen LogP contribution is -2.40. The van der Waals surface area contributed by atoms with Crippen LogP contribution in [0.1, 0.15) is 43.7 Å². The van der Waals surface area contributed by atoms with Crippen molar-refractivity contribution in [1.82, 2.24) is 25.5 Å². The molecule has 132 valence electrons. The van der Waals surface area contributed by atoms with E-state index in [1.807, 2.05) is 19.3 Å². The van der Waals surface area contributed by atoms with Gasteiger partial charge in [-0.3, -0.25) is 5.10 Å². The maximum Gasteiger partial charge on any atom is 0.227 e. The fraction of sp³-hybridized carbons (Fsp3) is 0.611. The molecule has 2 aromatic heterocycles. The highest BCUT2D eigenvalue weighted by molar-refractivity contribution is 5.54. The molecule has 0 radical (unpaired) electrons. The Hall–Kier alpha value is -2.15. The predicted octanol–water partition coefficient (Wildman–Crippen LogP) is 2.40. The monoisotopic (exact) mass is 339 g/mol. The number of hydrogen-bond acceptors (Lipinski definition) is 6. The van der Waals surface area contributed by atoms with Crippen LogP contribution < -0.4 is 15.5 Å². The van der Waals surface area contributed by atoms with Crippen molar-refractivity contribution in [2.45, 2.75) is 44.1 Å². The summed E-state index contributed by atoms with van der Waals surface area (Å²) in [6.45, 7) is 2.13. The normalized spacial score (nSPS) is 27.9. The molecule has 7 nitrogen and oxygen atoms in total. The summed E-state index contributed by atoms with van der Waals surface area (Å²) in [5.74, 6) is 3.16. The third-order valence-corrected chi connectivity index (χ3v) is 5.95. The Balaban J connectivity index is 1.33. The molecule has 3 N–H and O–H groups in total. The Kier molecular flexibility index (Phi) is 3.45. The lowest BCUT2D eigenvalue weighted by molar-refractivity contribution is 0.317. The van der Waals surface area contributed by atoms with E-state index in [4.69, 9.17) is 4.98 Å². The maximum absolute atomic E-state index is 4.76.